The highest BCUT2D eigenvalue weighted by atomic mass is 35.5. The van der Waals surface area contributed by atoms with Crippen molar-refractivity contribution in [3.8, 4) is 11.8 Å². The van der Waals surface area contributed by atoms with E-state index < -0.39 is 6.61 Å². The molecule has 2 N–H and O–H groups in total. The zero-order valence-corrected chi connectivity index (χ0v) is 14.4. The Morgan fingerprint density at radius 1 is 1.23 bits per heavy atom. The summed E-state index contributed by atoms with van der Waals surface area (Å²) in [7, 11) is 0. The molecule has 0 saturated carbocycles. The van der Waals surface area contributed by atoms with E-state index in [1.165, 1.54) is 12.1 Å². The Balaban J connectivity index is 1.72. The van der Waals surface area contributed by atoms with E-state index in [1.807, 2.05) is 6.07 Å². The second-order valence-corrected chi connectivity index (χ2v) is 5.69. The predicted octanol–water partition coefficient (Wildman–Crippen LogP) is 3.58. The van der Waals surface area contributed by atoms with E-state index in [4.69, 9.17) is 16.9 Å². The van der Waals surface area contributed by atoms with E-state index in [9.17, 15) is 13.6 Å². The number of nitrogens with zero attached hydrogens (tertiary/aromatic N) is 1. The average molecular weight is 380 g/mol. The summed E-state index contributed by atoms with van der Waals surface area (Å²) >= 11 is 5.92. The van der Waals surface area contributed by atoms with E-state index in [1.54, 1.807) is 30.3 Å². The molecule has 0 bridgehead atoms. The third kappa shape index (κ3) is 6.22. The summed E-state index contributed by atoms with van der Waals surface area (Å²) in [4.78, 5) is 11.8. The first-order chi connectivity index (χ1) is 12.5. The van der Waals surface area contributed by atoms with Crippen LogP contribution in [-0.4, -0.2) is 25.6 Å². The topological polar surface area (TPSA) is 74.2 Å². The van der Waals surface area contributed by atoms with Crippen molar-refractivity contribution in [2.45, 2.75) is 13.0 Å². The van der Waals surface area contributed by atoms with Crippen LogP contribution >= 0.6 is 11.6 Å². The first-order valence-corrected chi connectivity index (χ1v) is 8.09. The van der Waals surface area contributed by atoms with Gasteiger partial charge in [0, 0.05) is 12.2 Å². The number of amides is 1. The van der Waals surface area contributed by atoms with Gasteiger partial charge >= 0.3 is 6.61 Å². The maximum absolute atomic E-state index is 12.1. The molecule has 136 valence electrons. The monoisotopic (exact) mass is 379 g/mol. The number of nitrogens with one attached hydrogen (secondary N) is 2. The molecule has 0 spiro atoms. The van der Waals surface area contributed by atoms with Crippen molar-refractivity contribution in [1.82, 2.24) is 5.32 Å². The molecule has 0 saturated heterocycles. The SMILES string of the molecule is N#Cc1ccc(NCC(=O)NCCc2ccc(OC(F)F)cc2)cc1Cl. The maximum atomic E-state index is 12.1. The van der Waals surface area contributed by atoms with Crippen LogP contribution in [-0.2, 0) is 11.2 Å². The van der Waals surface area contributed by atoms with Crippen molar-refractivity contribution in [3.05, 3.63) is 58.6 Å². The lowest BCUT2D eigenvalue weighted by atomic mass is 10.1. The van der Waals surface area contributed by atoms with Gasteiger partial charge in [0.05, 0.1) is 17.1 Å². The summed E-state index contributed by atoms with van der Waals surface area (Å²) in [6.07, 6.45) is 0.559. The number of nitriles is 1. The predicted molar refractivity (Wildman–Crippen MR) is 94.4 cm³/mol. The van der Waals surface area contributed by atoms with Crippen LogP contribution in [0.15, 0.2) is 42.5 Å². The van der Waals surface area contributed by atoms with Gasteiger partial charge in [-0.1, -0.05) is 23.7 Å². The summed E-state index contributed by atoms with van der Waals surface area (Å²) in [6.45, 7) is -2.38. The van der Waals surface area contributed by atoms with E-state index in [-0.39, 0.29) is 18.2 Å². The lowest BCUT2D eigenvalue weighted by Crippen LogP contribution is -2.31. The minimum absolute atomic E-state index is 0.0589. The largest absolute Gasteiger partial charge is 0.435 e. The molecular weight excluding hydrogens is 364 g/mol. The highest BCUT2D eigenvalue weighted by molar-refractivity contribution is 6.32. The minimum atomic E-state index is -2.85. The van der Waals surface area contributed by atoms with Crippen LogP contribution in [0.25, 0.3) is 0 Å². The second-order valence-electron chi connectivity index (χ2n) is 5.28. The molecule has 1 amide bonds. The molecule has 0 aliphatic rings. The number of ether oxygens (including phenoxy) is 1. The van der Waals surface area contributed by atoms with Gasteiger partial charge in [0.1, 0.15) is 11.8 Å². The molecule has 0 heterocycles. The van der Waals surface area contributed by atoms with Crippen molar-refractivity contribution < 1.29 is 18.3 Å². The summed E-state index contributed by atoms with van der Waals surface area (Å²) in [5.41, 5.74) is 1.89. The molecule has 2 aromatic rings. The zero-order chi connectivity index (χ0) is 18.9. The molecule has 0 atom stereocenters. The van der Waals surface area contributed by atoms with Gasteiger partial charge in [-0.05, 0) is 42.3 Å². The molecular formula is C18H16ClF2N3O2. The second kappa shape index (κ2) is 9.59. The number of benzene rings is 2. The lowest BCUT2D eigenvalue weighted by molar-refractivity contribution is -0.119. The van der Waals surface area contributed by atoms with Crippen LogP contribution in [0.1, 0.15) is 11.1 Å². The van der Waals surface area contributed by atoms with Gasteiger partial charge in [-0.15, -0.1) is 0 Å². The van der Waals surface area contributed by atoms with Crippen LogP contribution in [0.2, 0.25) is 5.02 Å². The number of rotatable bonds is 8. The fraction of sp³-hybridized carbons (Fsp3) is 0.222. The standard InChI is InChI=1S/C18H16ClF2N3O2/c19-16-9-14(4-3-13(16)10-22)24-11-17(25)23-8-7-12-1-5-15(6-2-12)26-18(20)21/h1-6,9,18,24H,7-8,11H2,(H,23,25). The van der Waals surface area contributed by atoms with Gasteiger partial charge in [0.15, 0.2) is 0 Å². The van der Waals surface area contributed by atoms with Crippen molar-refractivity contribution >= 4 is 23.2 Å². The summed E-state index contributed by atoms with van der Waals surface area (Å²) < 4.78 is 28.4. The van der Waals surface area contributed by atoms with Gasteiger partial charge in [-0.25, -0.2) is 0 Å². The average Bonchev–Trinajstić information content (AvgIpc) is 2.61. The Kier molecular flexibility index (Phi) is 7.18. The normalized spacial score (nSPS) is 10.3. The molecule has 0 aromatic heterocycles. The van der Waals surface area contributed by atoms with Crippen LogP contribution in [0.4, 0.5) is 14.5 Å². The highest BCUT2D eigenvalue weighted by Gasteiger charge is 2.05. The molecule has 0 fully saturated rings. The molecule has 2 aromatic carbocycles. The summed E-state index contributed by atoms with van der Waals surface area (Å²) in [5, 5.41) is 14.8. The molecule has 0 aliphatic heterocycles. The van der Waals surface area contributed by atoms with Crippen molar-refractivity contribution in [2.75, 3.05) is 18.4 Å². The first-order valence-electron chi connectivity index (χ1n) is 7.72. The van der Waals surface area contributed by atoms with Crippen molar-refractivity contribution in [2.24, 2.45) is 0 Å². The molecule has 26 heavy (non-hydrogen) atoms. The van der Waals surface area contributed by atoms with Crippen LogP contribution < -0.4 is 15.4 Å². The van der Waals surface area contributed by atoms with Gasteiger partial charge in [0.2, 0.25) is 5.91 Å². The highest BCUT2D eigenvalue weighted by Crippen LogP contribution is 2.20. The van der Waals surface area contributed by atoms with E-state index in [2.05, 4.69) is 15.4 Å². The number of halogens is 3. The molecule has 5 nitrogen and oxygen atoms in total. The lowest BCUT2D eigenvalue weighted by Gasteiger charge is -2.09. The molecule has 8 heteroatoms. The van der Waals surface area contributed by atoms with Gasteiger partial charge < -0.3 is 15.4 Å². The number of alkyl halides is 2. The number of carbonyl (C=O) groups is 1. The van der Waals surface area contributed by atoms with Crippen LogP contribution in [0, 0.1) is 11.3 Å². The van der Waals surface area contributed by atoms with E-state index >= 15 is 0 Å². The van der Waals surface area contributed by atoms with Crippen molar-refractivity contribution in [3.63, 3.8) is 0 Å². The number of hydrogen-bond acceptors (Lipinski definition) is 4. The fourth-order valence-electron chi connectivity index (χ4n) is 2.14. The van der Waals surface area contributed by atoms with Gasteiger partial charge in [-0.3, -0.25) is 4.79 Å². The van der Waals surface area contributed by atoms with Crippen LogP contribution in [0.5, 0.6) is 5.75 Å². The van der Waals surface area contributed by atoms with Crippen LogP contribution in [0.3, 0.4) is 0 Å². The smallest absolute Gasteiger partial charge is 0.387 e. The first kappa shape index (κ1) is 19.5. The Morgan fingerprint density at radius 3 is 2.58 bits per heavy atom. The Labute approximate surface area is 154 Å². The van der Waals surface area contributed by atoms with E-state index in [0.717, 1.165) is 5.56 Å². The molecule has 0 unspecified atom stereocenters. The molecule has 0 aliphatic carbocycles. The Morgan fingerprint density at radius 2 is 1.96 bits per heavy atom. The Bertz CT molecular complexity index is 792. The number of hydrogen-bond donors (Lipinski definition) is 2. The third-order valence-electron chi connectivity index (χ3n) is 3.43. The molecule has 0 radical (unpaired) electrons. The molecule has 2 rings (SSSR count). The minimum Gasteiger partial charge on any atom is -0.435 e. The van der Waals surface area contributed by atoms with Gasteiger partial charge in [-0.2, -0.15) is 14.0 Å². The zero-order valence-electron chi connectivity index (χ0n) is 13.6. The Hall–Kier alpha value is -2.85. The fourth-order valence-corrected chi connectivity index (χ4v) is 2.37. The number of carbonyl (C=O) groups excluding carboxylic acids is 1. The van der Waals surface area contributed by atoms with Crippen molar-refractivity contribution in [1.29, 1.82) is 5.26 Å². The third-order valence-corrected chi connectivity index (χ3v) is 3.74. The summed E-state index contributed by atoms with van der Waals surface area (Å²) in [6, 6.07) is 13.0. The maximum Gasteiger partial charge on any atom is 0.387 e. The number of anilines is 1. The van der Waals surface area contributed by atoms with E-state index in [0.29, 0.717) is 29.2 Å². The van der Waals surface area contributed by atoms with Gasteiger partial charge in [0.25, 0.3) is 0 Å². The quantitative estimate of drug-likeness (QED) is 0.735. The summed E-state index contributed by atoms with van der Waals surface area (Å²) in [5.74, 6) is -0.110.